The Bertz CT molecular complexity index is 665. The molecule has 0 aromatic heterocycles. The monoisotopic (exact) mass is 504 g/mol. The second-order valence-electron chi connectivity index (χ2n) is 7.15. The normalized spacial score (nSPS) is 22.8. The van der Waals surface area contributed by atoms with Crippen molar-refractivity contribution in [2.45, 2.75) is 38.9 Å². The van der Waals surface area contributed by atoms with Gasteiger partial charge in [0.05, 0.1) is 12.6 Å². The Morgan fingerprint density at radius 1 is 1.21 bits per heavy atom. The van der Waals surface area contributed by atoms with Gasteiger partial charge in [-0.05, 0) is 44.4 Å². The third-order valence-corrected chi connectivity index (χ3v) is 4.96. The first-order valence-electron chi connectivity index (χ1n) is 9.78. The number of guanidine groups is 1. The van der Waals surface area contributed by atoms with Gasteiger partial charge < -0.3 is 19.9 Å². The third-order valence-electron chi connectivity index (χ3n) is 4.96. The van der Waals surface area contributed by atoms with E-state index in [2.05, 4.69) is 15.2 Å². The number of hydrogen-bond acceptors (Lipinski definition) is 3. The lowest BCUT2D eigenvalue weighted by Gasteiger charge is -2.38. The fourth-order valence-electron chi connectivity index (χ4n) is 3.62. The molecule has 0 bridgehead atoms. The maximum Gasteiger partial charge on any atom is 0.244 e. The summed E-state index contributed by atoms with van der Waals surface area (Å²) >= 11 is 0. The third kappa shape index (κ3) is 6.04. The zero-order valence-electron chi connectivity index (χ0n) is 16.6. The lowest BCUT2D eigenvalue weighted by molar-refractivity contribution is -0.128. The van der Waals surface area contributed by atoms with E-state index in [1.807, 2.05) is 18.7 Å². The average Bonchev–Trinajstić information content (AvgIpc) is 3.20. The molecule has 8 heteroatoms. The first-order chi connectivity index (χ1) is 13.1. The quantitative estimate of drug-likeness (QED) is 0.390. The highest BCUT2D eigenvalue weighted by Gasteiger charge is 2.28. The molecule has 3 rings (SSSR count). The summed E-state index contributed by atoms with van der Waals surface area (Å²) in [4.78, 5) is 20.9. The van der Waals surface area contributed by atoms with Crippen LogP contribution in [0.25, 0.3) is 0 Å². The molecular formula is C20H30FIN4O2. The lowest BCUT2D eigenvalue weighted by atomic mass is 10.1. The van der Waals surface area contributed by atoms with Gasteiger partial charge in [0.2, 0.25) is 5.91 Å². The number of likely N-dealkylation sites (tertiary alicyclic amines) is 1. The number of amides is 1. The fraction of sp³-hybridized carbons (Fsp3) is 0.600. The molecule has 2 aliphatic heterocycles. The Morgan fingerprint density at radius 2 is 1.89 bits per heavy atom. The molecule has 0 aliphatic carbocycles. The highest BCUT2D eigenvalue weighted by Crippen LogP contribution is 2.25. The molecule has 6 nitrogen and oxygen atoms in total. The SMILES string of the molecule is CCNC(=NCC(=O)N1CCCC1)N1CC(C)OC(c2ccc(F)cc2)C1.I. The number of halogens is 2. The molecule has 2 unspecified atom stereocenters. The van der Waals surface area contributed by atoms with E-state index in [1.165, 1.54) is 12.1 Å². The van der Waals surface area contributed by atoms with Gasteiger partial charge in [0.25, 0.3) is 0 Å². The van der Waals surface area contributed by atoms with Crippen molar-refractivity contribution < 1.29 is 13.9 Å². The molecule has 28 heavy (non-hydrogen) atoms. The van der Waals surface area contributed by atoms with Crippen LogP contribution in [0.4, 0.5) is 4.39 Å². The number of aliphatic imine (C=N–C) groups is 1. The molecule has 0 radical (unpaired) electrons. The fourth-order valence-corrected chi connectivity index (χ4v) is 3.62. The summed E-state index contributed by atoms with van der Waals surface area (Å²) in [5.74, 6) is 0.557. The minimum absolute atomic E-state index is 0. The number of morpholine rings is 1. The van der Waals surface area contributed by atoms with Crippen LogP contribution in [-0.2, 0) is 9.53 Å². The van der Waals surface area contributed by atoms with Gasteiger partial charge in [-0.15, -0.1) is 24.0 Å². The van der Waals surface area contributed by atoms with E-state index in [9.17, 15) is 9.18 Å². The second kappa shape index (κ2) is 10.9. The lowest BCUT2D eigenvalue weighted by Crippen LogP contribution is -2.51. The zero-order chi connectivity index (χ0) is 19.2. The van der Waals surface area contributed by atoms with Crippen molar-refractivity contribution in [3.63, 3.8) is 0 Å². The number of nitrogens with one attached hydrogen (secondary N) is 1. The molecule has 1 aromatic carbocycles. The van der Waals surface area contributed by atoms with Gasteiger partial charge in [0, 0.05) is 26.2 Å². The van der Waals surface area contributed by atoms with Crippen molar-refractivity contribution in [1.82, 2.24) is 15.1 Å². The van der Waals surface area contributed by atoms with Crippen LogP contribution in [-0.4, -0.2) is 67.0 Å². The van der Waals surface area contributed by atoms with Crippen molar-refractivity contribution >= 4 is 35.8 Å². The molecule has 1 N–H and O–H groups in total. The highest BCUT2D eigenvalue weighted by atomic mass is 127. The van der Waals surface area contributed by atoms with Crippen LogP contribution in [0.15, 0.2) is 29.3 Å². The minimum atomic E-state index is -0.255. The number of carbonyl (C=O) groups is 1. The summed E-state index contributed by atoms with van der Waals surface area (Å²) in [6, 6.07) is 6.43. The standard InChI is InChI=1S/C20H29FN4O2.HI/c1-3-22-20(23-12-19(26)24-10-4-5-11-24)25-13-15(2)27-18(14-25)16-6-8-17(21)9-7-16;/h6-9,15,18H,3-5,10-14H2,1-2H3,(H,22,23);1H. The van der Waals surface area contributed by atoms with Crippen LogP contribution in [0, 0.1) is 5.82 Å². The van der Waals surface area contributed by atoms with Crippen LogP contribution in [0.5, 0.6) is 0 Å². The molecule has 156 valence electrons. The summed E-state index contributed by atoms with van der Waals surface area (Å²) in [5.41, 5.74) is 0.942. The molecule has 1 aromatic rings. The van der Waals surface area contributed by atoms with Crippen LogP contribution in [0.2, 0.25) is 0 Å². The molecule has 0 saturated carbocycles. The Hall–Kier alpha value is -1.42. The van der Waals surface area contributed by atoms with Crippen LogP contribution < -0.4 is 5.32 Å². The maximum atomic E-state index is 13.2. The molecule has 1 amide bonds. The number of carbonyl (C=O) groups excluding carboxylic acids is 1. The van der Waals surface area contributed by atoms with Crippen LogP contribution in [0.1, 0.15) is 38.4 Å². The predicted octanol–water partition coefficient (Wildman–Crippen LogP) is 2.79. The molecule has 2 atom stereocenters. The highest BCUT2D eigenvalue weighted by molar-refractivity contribution is 14.0. The van der Waals surface area contributed by atoms with E-state index in [1.54, 1.807) is 12.1 Å². The number of ether oxygens (including phenoxy) is 1. The zero-order valence-corrected chi connectivity index (χ0v) is 18.9. The minimum Gasteiger partial charge on any atom is -0.367 e. The van der Waals surface area contributed by atoms with Gasteiger partial charge in [-0.2, -0.15) is 0 Å². The van der Waals surface area contributed by atoms with Gasteiger partial charge in [0.15, 0.2) is 5.96 Å². The van der Waals surface area contributed by atoms with E-state index < -0.39 is 0 Å². The molecular weight excluding hydrogens is 474 g/mol. The number of nitrogens with zero attached hydrogens (tertiary/aromatic N) is 3. The second-order valence-corrected chi connectivity index (χ2v) is 7.15. The number of rotatable bonds is 4. The van der Waals surface area contributed by atoms with Crippen LogP contribution >= 0.6 is 24.0 Å². The molecule has 2 aliphatic rings. The summed E-state index contributed by atoms with van der Waals surface area (Å²) in [7, 11) is 0. The van der Waals surface area contributed by atoms with E-state index in [0.717, 1.165) is 44.0 Å². The number of hydrogen-bond donors (Lipinski definition) is 1. The Kier molecular flexibility index (Phi) is 8.94. The van der Waals surface area contributed by atoms with Gasteiger partial charge >= 0.3 is 0 Å². The summed E-state index contributed by atoms with van der Waals surface area (Å²) < 4.78 is 19.3. The van der Waals surface area contributed by atoms with E-state index >= 15 is 0 Å². The molecule has 2 fully saturated rings. The Labute approximate surface area is 183 Å². The van der Waals surface area contributed by atoms with Gasteiger partial charge in [0.1, 0.15) is 18.5 Å². The van der Waals surface area contributed by atoms with E-state index in [4.69, 9.17) is 4.74 Å². The van der Waals surface area contributed by atoms with Crippen LogP contribution in [0.3, 0.4) is 0 Å². The van der Waals surface area contributed by atoms with Crippen molar-refractivity contribution in [2.24, 2.45) is 4.99 Å². The maximum absolute atomic E-state index is 13.2. The molecule has 2 saturated heterocycles. The van der Waals surface area contributed by atoms with Crippen molar-refractivity contribution in [1.29, 1.82) is 0 Å². The van der Waals surface area contributed by atoms with Crippen molar-refractivity contribution in [2.75, 3.05) is 39.3 Å². The Balaban J connectivity index is 0.00000280. The smallest absolute Gasteiger partial charge is 0.244 e. The largest absolute Gasteiger partial charge is 0.367 e. The summed E-state index contributed by atoms with van der Waals surface area (Å²) in [6.45, 7) is 7.90. The first kappa shape index (κ1) is 22.9. The molecule has 0 spiro atoms. The van der Waals surface area contributed by atoms with E-state index in [0.29, 0.717) is 13.1 Å². The van der Waals surface area contributed by atoms with Crippen molar-refractivity contribution in [3.8, 4) is 0 Å². The number of benzene rings is 1. The summed E-state index contributed by atoms with van der Waals surface area (Å²) in [5, 5.41) is 3.29. The molecule has 2 heterocycles. The van der Waals surface area contributed by atoms with Crippen molar-refractivity contribution in [3.05, 3.63) is 35.6 Å². The van der Waals surface area contributed by atoms with E-state index in [-0.39, 0.29) is 54.5 Å². The average molecular weight is 504 g/mol. The van der Waals surface area contributed by atoms with Gasteiger partial charge in [-0.3, -0.25) is 4.79 Å². The summed E-state index contributed by atoms with van der Waals surface area (Å²) in [6.07, 6.45) is 2.01. The van der Waals surface area contributed by atoms with Gasteiger partial charge in [-0.25, -0.2) is 9.38 Å². The topological polar surface area (TPSA) is 57.2 Å². The Morgan fingerprint density at radius 3 is 2.54 bits per heavy atom. The van der Waals surface area contributed by atoms with Gasteiger partial charge in [-0.1, -0.05) is 12.1 Å². The predicted molar refractivity (Wildman–Crippen MR) is 118 cm³/mol. The first-order valence-corrected chi connectivity index (χ1v) is 9.78.